The molecule has 1 atom stereocenters. The van der Waals surface area contributed by atoms with Crippen molar-refractivity contribution in [2.75, 3.05) is 24.2 Å². The van der Waals surface area contributed by atoms with Gasteiger partial charge in [-0.05, 0) is 31.4 Å². The third-order valence-electron chi connectivity index (χ3n) is 4.19. The van der Waals surface area contributed by atoms with Crippen molar-refractivity contribution in [1.82, 2.24) is 10.6 Å². The fraction of sp³-hybridized carbons (Fsp3) is 0.529. The lowest BCUT2D eigenvalue weighted by Gasteiger charge is -2.12. The van der Waals surface area contributed by atoms with Crippen LogP contribution in [0.25, 0.3) is 0 Å². The second-order valence-corrected chi connectivity index (χ2v) is 9.02. The predicted octanol–water partition coefficient (Wildman–Crippen LogP) is 3.62. The van der Waals surface area contributed by atoms with Gasteiger partial charge in [-0.1, -0.05) is 12.1 Å². The molecule has 2 aliphatic carbocycles. The smallest absolute Gasteiger partial charge is 0.319 e. The molecule has 1 unspecified atom stereocenters. The summed E-state index contributed by atoms with van der Waals surface area (Å²) in [6.07, 6.45) is 2.76. The van der Waals surface area contributed by atoms with Crippen LogP contribution < -0.4 is 16.0 Å². The number of para-hydroxylation sites is 1. The highest BCUT2D eigenvalue weighted by atomic mass is 35.5. The van der Waals surface area contributed by atoms with Gasteiger partial charge in [0.05, 0.1) is 5.69 Å². The first-order chi connectivity index (χ1) is 12.0. The number of amides is 3. The van der Waals surface area contributed by atoms with Crippen molar-refractivity contribution in [2.45, 2.75) is 28.5 Å². The minimum absolute atomic E-state index is 0.0821. The maximum absolute atomic E-state index is 12.0. The third-order valence-corrected chi connectivity index (χ3v) is 6.35. The van der Waals surface area contributed by atoms with Gasteiger partial charge >= 0.3 is 6.03 Å². The Morgan fingerprint density at radius 3 is 2.52 bits per heavy atom. The SMILES string of the molecule is O=C(NCCNC(=O)C1CC1)Nc1ccccc1SCC1CC1(Cl)Cl. The van der Waals surface area contributed by atoms with Crippen molar-refractivity contribution in [3.8, 4) is 0 Å². The first-order valence-electron chi connectivity index (χ1n) is 8.38. The van der Waals surface area contributed by atoms with Crippen LogP contribution in [-0.2, 0) is 4.79 Å². The van der Waals surface area contributed by atoms with Gasteiger partial charge in [0, 0.05) is 35.6 Å². The van der Waals surface area contributed by atoms with Crippen LogP contribution in [0, 0.1) is 11.8 Å². The first-order valence-corrected chi connectivity index (χ1v) is 10.1. The Morgan fingerprint density at radius 2 is 1.84 bits per heavy atom. The van der Waals surface area contributed by atoms with Gasteiger partial charge in [0.2, 0.25) is 5.91 Å². The summed E-state index contributed by atoms with van der Waals surface area (Å²) >= 11 is 13.7. The van der Waals surface area contributed by atoms with Gasteiger partial charge in [0.15, 0.2) is 0 Å². The largest absolute Gasteiger partial charge is 0.354 e. The summed E-state index contributed by atoms with van der Waals surface area (Å²) < 4.78 is -0.586. The summed E-state index contributed by atoms with van der Waals surface area (Å²) in [5.74, 6) is 1.38. The lowest BCUT2D eigenvalue weighted by Crippen LogP contribution is -2.37. The quantitative estimate of drug-likeness (QED) is 0.353. The van der Waals surface area contributed by atoms with Crippen molar-refractivity contribution < 1.29 is 9.59 Å². The van der Waals surface area contributed by atoms with Gasteiger partial charge in [-0.2, -0.15) is 0 Å². The molecule has 0 saturated heterocycles. The third kappa shape index (κ3) is 5.69. The van der Waals surface area contributed by atoms with E-state index in [1.165, 1.54) is 0 Å². The highest BCUT2D eigenvalue weighted by molar-refractivity contribution is 7.99. The Morgan fingerprint density at radius 1 is 1.16 bits per heavy atom. The molecule has 1 aromatic carbocycles. The van der Waals surface area contributed by atoms with E-state index in [0.717, 1.165) is 35.6 Å². The summed E-state index contributed by atoms with van der Waals surface area (Å²) in [4.78, 5) is 24.5. The Hall–Kier alpha value is -1.11. The zero-order valence-corrected chi connectivity index (χ0v) is 16.0. The monoisotopic (exact) mass is 401 g/mol. The number of carbonyl (C=O) groups excluding carboxylic acids is 2. The molecule has 2 aliphatic rings. The van der Waals surface area contributed by atoms with Crippen LogP contribution in [0.4, 0.5) is 10.5 Å². The van der Waals surface area contributed by atoms with Crippen molar-refractivity contribution in [3.05, 3.63) is 24.3 Å². The lowest BCUT2D eigenvalue weighted by atomic mass is 10.3. The Labute approximate surface area is 161 Å². The van der Waals surface area contributed by atoms with Gasteiger partial charge in [0.25, 0.3) is 0 Å². The summed E-state index contributed by atoms with van der Waals surface area (Å²) in [6.45, 7) is 0.830. The average molecular weight is 402 g/mol. The molecule has 2 fully saturated rings. The zero-order chi connectivity index (χ0) is 17.9. The van der Waals surface area contributed by atoms with E-state index >= 15 is 0 Å². The molecule has 3 N–H and O–H groups in total. The van der Waals surface area contributed by atoms with Gasteiger partial charge in [0.1, 0.15) is 4.33 Å². The van der Waals surface area contributed by atoms with Crippen LogP contribution in [0.1, 0.15) is 19.3 Å². The zero-order valence-electron chi connectivity index (χ0n) is 13.7. The molecule has 1 aromatic rings. The van der Waals surface area contributed by atoms with Crippen LogP contribution in [0.5, 0.6) is 0 Å². The van der Waals surface area contributed by atoms with E-state index in [2.05, 4.69) is 16.0 Å². The van der Waals surface area contributed by atoms with Crippen LogP contribution in [0.3, 0.4) is 0 Å². The molecule has 0 radical (unpaired) electrons. The molecule has 8 heteroatoms. The summed E-state index contributed by atoms with van der Waals surface area (Å²) in [5.41, 5.74) is 0.752. The molecule has 0 aliphatic heterocycles. The number of hydrogen-bond donors (Lipinski definition) is 3. The van der Waals surface area contributed by atoms with Gasteiger partial charge in [-0.3, -0.25) is 4.79 Å². The fourth-order valence-electron chi connectivity index (χ4n) is 2.35. The maximum atomic E-state index is 12.0. The molecular weight excluding hydrogens is 381 g/mol. The standard InChI is InChI=1S/C17H21Cl2N3O2S/c18-17(19)9-12(17)10-25-14-4-2-1-3-13(14)22-16(24)21-8-7-20-15(23)11-5-6-11/h1-4,11-12H,5-10H2,(H,20,23)(H2,21,22,24). The van der Waals surface area contributed by atoms with Crippen molar-refractivity contribution in [3.63, 3.8) is 0 Å². The van der Waals surface area contributed by atoms with E-state index in [-0.39, 0.29) is 23.8 Å². The molecule has 3 amide bonds. The second kappa shape index (κ2) is 8.06. The molecule has 0 heterocycles. The maximum Gasteiger partial charge on any atom is 0.319 e. The lowest BCUT2D eigenvalue weighted by molar-refractivity contribution is -0.122. The van der Waals surface area contributed by atoms with Gasteiger partial charge < -0.3 is 16.0 Å². The van der Waals surface area contributed by atoms with Crippen molar-refractivity contribution in [2.24, 2.45) is 11.8 Å². The second-order valence-electron chi connectivity index (χ2n) is 6.42. The summed E-state index contributed by atoms with van der Waals surface area (Å²) in [5, 5.41) is 8.41. The molecule has 0 aromatic heterocycles. The highest BCUT2D eigenvalue weighted by Gasteiger charge is 2.51. The van der Waals surface area contributed by atoms with E-state index in [9.17, 15) is 9.59 Å². The fourth-order valence-corrected chi connectivity index (χ4v) is 4.30. The molecule has 0 spiro atoms. The number of thioether (sulfide) groups is 1. The van der Waals surface area contributed by atoms with Crippen molar-refractivity contribution >= 4 is 52.6 Å². The Kier molecular flexibility index (Phi) is 6.02. The molecule has 136 valence electrons. The number of anilines is 1. The number of hydrogen-bond acceptors (Lipinski definition) is 3. The summed E-state index contributed by atoms with van der Waals surface area (Å²) in [6, 6.07) is 7.34. The minimum Gasteiger partial charge on any atom is -0.354 e. The molecule has 0 bridgehead atoms. The predicted molar refractivity (Wildman–Crippen MR) is 102 cm³/mol. The number of rotatable bonds is 8. The molecule has 25 heavy (non-hydrogen) atoms. The minimum atomic E-state index is -0.586. The number of nitrogens with one attached hydrogen (secondary N) is 3. The number of alkyl halides is 2. The number of benzene rings is 1. The van der Waals surface area contributed by atoms with E-state index in [4.69, 9.17) is 23.2 Å². The number of urea groups is 1. The average Bonchev–Trinajstić information content (AvgIpc) is 3.48. The number of carbonyl (C=O) groups is 2. The first kappa shape index (κ1) is 18.7. The van der Waals surface area contributed by atoms with E-state index < -0.39 is 4.33 Å². The van der Waals surface area contributed by atoms with Gasteiger partial charge in [-0.15, -0.1) is 35.0 Å². The Balaban J connectivity index is 1.40. The molecule has 2 saturated carbocycles. The highest BCUT2D eigenvalue weighted by Crippen LogP contribution is 2.55. The van der Waals surface area contributed by atoms with E-state index in [1.54, 1.807) is 11.8 Å². The van der Waals surface area contributed by atoms with Crippen molar-refractivity contribution in [1.29, 1.82) is 0 Å². The van der Waals surface area contributed by atoms with E-state index in [1.807, 2.05) is 24.3 Å². The molecule has 5 nitrogen and oxygen atoms in total. The van der Waals surface area contributed by atoms with Crippen LogP contribution in [0.15, 0.2) is 29.2 Å². The molecule has 3 rings (SSSR count). The Bertz CT molecular complexity index is 653. The normalized spacial score (nSPS) is 20.6. The van der Waals surface area contributed by atoms with E-state index in [0.29, 0.717) is 13.1 Å². The topological polar surface area (TPSA) is 70.2 Å². The summed E-state index contributed by atoms with van der Waals surface area (Å²) in [7, 11) is 0. The molecular formula is C17H21Cl2N3O2S. The van der Waals surface area contributed by atoms with Crippen LogP contribution in [-0.4, -0.2) is 35.1 Å². The van der Waals surface area contributed by atoms with Gasteiger partial charge in [-0.25, -0.2) is 4.79 Å². The number of halogens is 2. The van der Waals surface area contributed by atoms with Crippen LogP contribution >= 0.6 is 35.0 Å². The van der Waals surface area contributed by atoms with Crippen LogP contribution in [0.2, 0.25) is 0 Å².